The van der Waals surface area contributed by atoms with Gasteiger partial charge in [-0.2, -0.15) is 0 Å². The van der Waals surface area contributed by atoms with E-state index in [0.717, 1.165) is 17.5 Å². The van der Waals surface area contributed by atoms with Crippen molar-refractivity contribution >= 4 is 11.4 Å². The minimum atomic E-state index is -0.474. The number of aryl methyl sites for hydroxylation is 1. The largest absolute Gasteiger partial charge is 0.363 e. The highest BCUT2D eigenvalue weighted by Gasteiger charge is 2.24. The fourth-order valence-electron chi connectivity index (χ4n) is 2.76. The molecule has 1 aliphatic heterocycles. The molecule has 2 aromatic rings. The molecule has 1 aliphatic rings. The van der Waals surface area contributed by atoms with Crippen molar-refractivity contribution < 1.29 is 13.8 Å². The van der Waals surface area contributed by atoms with Crippen LogP contribution in [0.4, 0.5) is 15.8 Å². The number of anilines is 1. The summed E-state index contributed by atoms with van der Waals surface area (Å²) in [4.78, 5) is 14.7. The van der Waals surface area contributed by atoms with E-state index in [9.17, 15) is 14.5 Å². The summed E-state index contributed by atoms with van der Waals surface area (Å²) in [6, 6.07) is 5.45. The predicted molar refractivity (Wildman–Crippen MR) is 81.8 cm³/mol. The van der Waals surface area contributed by atoms with Gasteiger partial charge >= 0.3 is 0 Å². The van der Waals surface area contributed by atoms with Gasteiger partial charge < -0.3 is 9.42 Å². The number of aromatic nitrogens is 1. The molecule has 3 rings (SSSR count). The molecular weight excluding hydrogens is 303 g/mol. The van der Waals surface area contributed by atoms with Gasteiger partial charge in [0, 0.05) is 44.4 Å². The van der Waals surface area contributed by atoms with Gasteiger partial charge in [0.2, 0.25) is 0 Å². The molecule has 0 N–H and O–H groups in total. The zero-order valence-corrected chi connectivity index (χ0v) is 12.7. The first kappa shape index (κ1) is 15.4. The zero-order chi connectivity index (χ0) is 16.4. The lowest BCUT2D eigenvalue weighted by Crippen LogP contribution is -2.46. The van der Waals surface area contributed by atoms with Crippen LogP contribution in [-0.4, -0.2) is 41.2 Å². The fraction of sp³-hybridized carbons (Fsp3) is 0.400. The molecule has 0 aliphatic carbocycles. The third kappa shape index (κ3) is 3.48. The molecule has 2 heterocycles. The van der Waals surface area contributed by atoms with Gasteiger partial charge in [0.25, 0.3) is 5.69 Å². The summed E-state index contributed by atoms with van der Waals surface area (Å²) in [5.41, 5.74) is 1.12. The Bertz CT molecular complexity index is 710. The summed E-state index contributed by atoms with van der Waals surface area (Å²) >= 11 is 0. The molecule has 1 fully saturated rings. The topological polar surface area (TPSA) is 75.7 Å². The van der Waals surface area contributed by atoms with Crippen LogP contribution in [0, 0.1) is 22.9 Å². The summed E-state index contributed by atoms with van der Waals surface area (Å²) in [5, 5.41) is 15.0. The number of hydrogen-bond acceptors (Lipinski definition) is 6. The van der Waals surface area contributed by atoms with Gasteiger partial charge in [-0.15, -0.1) is 0 Å². The van der Waals surface area contributed by atoms with Crippen molar-refractivity contribution in [1.82, 2.24) is 10.1 Å². The molecule has 7 nitrogen and oxygen atoms in total. The molecule has 0 radical (unpaired) electrons. The van der Waals surface area contributed by atoms with Crippen LogP contribution in [0.15, 0.2) is 28.8 Å². The number of hydrogen-bond donors (Lipinski definition) is 0. The number of benzene rings is 1. The fourth-order valence-corrected chi connectivity index (χ4v) is 2.76. The molecule has 0 bridgehead atoms. The Kier molecular flexibility index (Phi) is 4.24. The van der Waals surface area contributed by atoms with Crippen LogP contribution in [0.3, 0.4) is 0 Å². The predicted octanol–water partition coefficient (Wildman–Crippen LogP) is 2.35. The molecule has 1 aromatic carbocycles. The molecular formula is C15H17FN4O3. The second-order valence-corrected chi connectivity index (χ2v) is 5.59. The number of rotatable bonds is 4. The first-order valence-corrected chi connectivity index (χ1v) is 7.36. The first-order chi connectivity index (χ1) is 11.0. The first-order valence-electron chi connectivity index (χ1n) is 7.36. The van der Waals surface area contributed by atoms with E-state index in [1.165, 1.54) is 12.1 Å². The molecule has 122 valence electrons. The highest BCUT2D eigenvalue weighted by atomic mass is 19.1. The number of halogens is 1. The van der Waals surface area contributed by atoms with E-state index >= 15 is 0 Å². The van der Waals surface area contributed by atoms with Crippen LogP contribution in [0.1, 0.15) is 11.5 Å². The normalized spacial score (nSPS) is 15.8. The molecule has 0 unspecified atom stereocenters. The van der Waals surface area contributed by atoms with E-state index in [0.29, 0.717) is 38.4 Å². The highest BCUT2D eigenvalue weighted by Crippen LogP contribution is 2.29. The minimum Gasteiger partial charge on any atom is -0.363 e. The average molecular weight is 320 g/mol. The van der Waals surface area contributed by atoms with E-state index in [-0.39, 0.29) is 5.69 Å². The maximum Gasteiger partial charge on any atom is 0.292 e. The molecule has 8 heteroatoms. The lowest BCUT2D eigenvalue weighted by atomic mass is 10.2. The van der Waals surface area contributed by atoms with E-state index in [1.54, 1.807) is 0 Å². The third-order valence-corrected chi connectivity index (χ3v) is 3.90. The maximum atomic E-state index is 13.5. The lowest BCUT2D eigenvalue weighted by molar-refractivity contribution is -0.384. The molecule has 0 amide bonds. The lowest BCUT2D eigenvalue weighted by Gasteiger charge is -2.35. The van der Waals surface area contributed by atoms with Gasteiger partial charge in [-0.3, -0.25) is 15.0 Å². The van der Waals surface area contributed by atoms with Crippen LogP contribution >= 0.6 is 0 Å². The second kappa shape index (κ2) is 6.33. The standard InChI is InChI=1S/C15H17FN4O3/c1-11-8-13(23-17-11)10-18-4-6-19(7-5-18)15-9-12(16)2-3-14(15)20(21)22/h2-3,8-9H,4-7,10H2,1H3. The molecule has 1 saturated heterocycles. The van der Waals surface area contributed by atoms with Crippen molar-refractivity contribution in [2.45, 2.75) is 13.5 Å². The number of nitro benzene ring substituents is 1. The Balaban J connectivity index is 1.67. The Labute approximate surface area is 132 Å². The Morgan fingerprint density at radius 2 is 2.04 bits per heavy atom. The van der Waals surface area contributed by atoms with Gasteiger partial charge in [-0.05, 0) is 13.0 Å². The van der Waals surface area contributed by atoms with Crippen molar-refractivity contribution in [1.29, 1.82) is 0 Å². The van der Waals surface area contributed by atoms with Crippen molar-refractivity contribution in [2.75, 3.05) is 31.1 Å². The number of nitro groups is 1. The maximum absolute atomic E-state index is 13.5. The quantitative estimate of drug-likeness (QED) is 0.636. The van der Waals surface area contributed by atoms with Crippen LogP contribution in [0.25, 0.3) is 0 Å². The molecule has 0 spiro atoms. The van der Waals surface area contributed by atoms with E-state index in [2.05, 4.69) is 10.1 Å². The van der Waals surface area contributed by atoms with Crippen LogP contribution in [0.5, 0.6) is 0 Å². The van der Waals surface area contributed by atoms with Crippen LogP contribution < -0.4 is 4.90 Å². The zero-order valence-electron chi connectivity index (χ0n) is 12.7. The SMILES string of the molecule is Cc1cc(CN2CCN(c3cc(F)ccc3[N+](=O)[O-])CC2)on1. The Morgan fingerprint density at radius 3 is 2.65 bits per heavy atom. The minimum absolute atomic E-state index is 0.0642. The van der Waals surface area contributed by atoms with E-state index in [1.807, 2.05) is 17.9 Å². The van der Waals surface area contributed by atoms with Crippen molar-refractivity contribution in [3.05, 3.63) is 51.7 Å². The number of nitrogens with zero attached hydrogens (tertiary/aromatic N) is 4. The Morgan fingerprint density at radius 1 is 1.30 bits per heavy atom. The van der Waals surface area contributed by atoms with Crippen molar-refractivity contribution in [2.24, 2.45) is 0 Å². The molecule has 0 atom stereocenters. The summed E-state index contributed by atoms with van der Waals surface area (Å²) < 4.78 is 18.7. The summed E-state index contributed by atoms with van der Waals surface area (Å²) in [6.45, 7) is 5.14. The monoisotopic (exact) mass is 320 g/mol. The van der Waals surface area contributed by atoms with Gasteiger partial charge in [-0.1, -0.05) is 5.16 Å². The molecule has 1 aromatic heterocycles. The third-order valence-electron chi connectivity index (χ3n) is 3.90. The Hall–Kier alpha value is -2.48. The summed E-state index contributed by atoms with van der Waals surface area (Å²) in [6.07, 6.45) is 0. The summed E-state index contributed by atoms with van der Waals surface area (Å²) in [7, 11) is 0. The van der Waals surface area contributed by atoms with Gasteiger partial charge in [-0.25, -0.2) is 4.39 Å². The highest BCUT2D eigenvalue weighted by molar-refractivity contribution is 5.63. The van der Waals surface area contributed by atoms with Crippen molar-refractivity contribution in [3.8, 4) is 0 Å². The van der Waals surface area contributed by atoms with Gasteiger partial charge in [0.1, 0.15) is 11.5 Å². The van der Waals surface area contributed by atoms with E-state index < -0.39 is 10.7 Å². The van der Waals surface area contributed by atoms with Crippen LogP contribution in [0.2, 0.25) is 0 Å². The second-order valence-electron chi connectivity index (χ2n) is 5.59. The smallest absolute Gasteiger partial charge is 0.292 e. The van der Waals surface area contributed by atoms with Crippen molar-refractivity contribution in [3.63, 3.8) is 0 Å². The number of piperazine rings is 1. The average Bonchev–Trinajstić information content (AvgIpc) is 2.93. The molecule has 23 heavy (non-hydrogen) atoms. The van der Waals surface area contributed by atoms with Crippen LogP contribution in [-0.2, 0) is 6.54 Å². The molecule has 0 saturated carbocycles. The van der Waals surface area contributed by atoms with Gasteiger partial charge in [0.05, 0.1) is 17.2 Å². The van der Waals surface area contributed by atoms with Gasteiger partial charge in [0.15, 0.2) is 5.76 Å². The van der Waals surface area contributed by atoms with E-state index in [4.69, 9.17) is 4.52 Å². The summed E-state index contributed by atoms with van der Waals surface area (Å²) in [5.74, 6) is 0.331.